The van der Waals surface area contributed by atoms with E-state index in [1.807, 2.05) is 85.2 Å². The van der Waals surface area contributed by atoms with Gasteiger partial charge in [0.25, 0.3) is 5.56 Å². The van der Waals surface area contributed by atoms with Gasteiger partial charge in [0.05, 0.1) is 0 Å². The summed E-state index contributed by atoms with van der Waals surface area (Å²) in [6.45, 7) is 6.28. The van der Waals surface area contributed by atoms with Crippen LogP contribution in [-0.4, -0.2) is 37.8 Å². The number of rotatable bonds is 8. The summed E-state index contributed by atoms with van der Waals surface area (Å²) in [5.41, 5.74) is 9.54. The maximum Gasteiger partial charge on any atom is 0.336 e. The van der Waals surface area contributed by atoms with Crippen molar-refractivity contribution in [1.29, 1.82) is 0 Å². The highest BCUT2D eigenvalue weighted by atomic mass is 16.2. The molecule has 0 bridgehead atoms. The van der Waals surface area contributed by atoms with Gasteiger partial charge in [-0.25, -0.2) is 4.79 Å². The van der Waals surface area contributed by atoms with Gasteiger partial charge in [-0.3, -0.25) is 13.9 Å². The molecule has 2 N–H and O–H groups in total. The number of allylic oxidation sites excluding steroid dienone is 2. The zero-order valence-electron chi connectivity index (χ0n) is 22.7. The van der Waals surface area contributed by atoms with E-state index in [2.05, 4.69) is 11.0 Å². The number of imidazole rings is 1. The molecule has 3 heterocycles. The Balaban J connectivity index is 1.72. The number of benzene rings is 2. The second-order valence-corrected chi connectivity index (χ2v) is 10.4. The molecule has 0 aliphatic carbocycles. The summed E-state index contributed by atoms with van der Waals surface area (Å²) in [5.74, 6) is 0.678. The van der Waals surface area contributed by atoms with Crippen LogP contribution in [0.3, 0.4) is 0 Å². The molecule has 1 atom stereocenters. The first-order valence-electron chi connectivity index (χ1n) is 13.6. The molecule has 5 rings (SSSR count). The predicted octanol–water partition coefficient (Wildman–Crippen LogP) is 4.12. The minimum absolute atomic E-state index is 0.0400. The highest BCUT2D eigenvalue weighted by Gasteiger charge is 2.26. The lowest BCUT2D eigenvalue weighted by molar-refractivity contribution is 0.495. The SMILES string of the molecule is CC(C)=CCn1c(N2CCCC(N)C2)nc2c1c(=O)n(CCc1ccccc1)c(=O)n2C=Cc1ccccc1. The van der Waals surface area contributed by atoms with Crippen LogP contribution in [0, 0.1) is 0 Å². The lowest BCUT2D eigenvalue weighted by Gasteiger charge is -2.31. The number of fused-ring (bicyclic) bond motifs is 1. The third-order valence-electron chi connectivity index (χ3n) is 7.15. The van der Waals surface area contributed by atoms with Crippen molar-refractivity contribution in [2.24, 2.45) is 5.73 Å². The van der Waals surface area contributed by atoms with E-state index in [9.17, 15) is 9.59 Å². The number of aryl methyl sites for hydroxylation is 1. The van der Waals surface area contributed by atoms with E-state index in [-0.39, 0.29) is 18.1 Å². The average molecular weight is 525 g/mol. The lowest BCUT2D eigenvalue weighted by Crippen LogP contribution is -2.44. The molecule has 1 saturated heterocycles. The molecule has 1 aliphatic heterocycles. The topological polar surface area (TPSA) is 91.1 Å². The van der Waals surface area contributed by atoms with Crippen molar-refractivity contribution in [2.75, 3.05) is 18.0 Å². The summed E-state index contributed by atoms with van der Waals surface area (Å²) in [6.07, 6.45) is 8.16. The minimum Gasteiger partial charge on any atom is -0.341 e. The third kappa shape index (κ3) is 5.81. The predicted molar refractivity (Wildman–Crippen MR) is 159 cm³/mol. The van der Waals surface area contributed by atoms with Gasteiger partial charge in [0.15, 0.2) is 11.2 Å². The summed E-state index contributed by atoms with van der Waals surface area (Å²) in [4.78, 5) is 35.0. The van der Waals surface area contributed by atoms with Crippen molar-refractivity contribution >= 4 is 29.4 Å². The third-order valence-corrected chi connectivity index (χ3v) is 7.15. The van der Waals surface area contributed by atoms with Crippen LogP contribution in [0.1, 0.15) is 37.8 Å². The number of hydrogen-bond acceptors (Lipinski definition) is 5. The van der Waals surface area contributed by atoms with E-state index in [4.69, 9.17) is 10.7 Å². The van der Waals surface area contributed by atoms with E-state index in [1.165, 1.54) is 9.13 Å². The van der Waals surface area contributed by atoms with E-state index < -0.39 is 5.69 Å². The van der Waals surface area contributed by atoms with Crippen LogP contribution in [0.15, 0.2) is 81.9 Å². The Bertz CT molecular complexity index is 1610. The molecular formula is C31H36N6O2. The molecule has 39 heavy (non-hydrogen) atoms. The Morgan fingerprint density at radius 3 is 2.44 bits per heavy atom. The number of aromatic nitrogens is 4. The van der Waals surface area contributed by atoms with Crippen LogP contribution in [0.2, 0.25) is 0 Å². The highest BCUT2D eigenvalue weighted by molar-refractivity contribution is 5.78. The summed E-state index contributed by atoms with van der Waals surface area (Å²) in [5, 5.41) is 0. The first-order valence-corrected chi connectivity index (χ1v) is 13.6. The monoisotopic (exact) mass is 524 g/mol. The number of nitrogens with zero attached hydrogens (tertiary/aromatic N) is 5. The molecule has 1 unspecified atom stereocenters. The normalized spacial score (nSPS) is 15.8. The molecule has 1 aliphatic rings. The molecule has 4 aromatic rings. The van der Waals surface area contributed by atoms with Crippen molar-refractivity contribution in [3.8, 4) is 0 Å². The molecule has 2 aromatic carbocycles. The van der Waals surface area contributed by atoms with Gasteiger partial charge in [-0.15, -0.1) is 0 Å². The van der Waals surface area contributed by atoms with Crippen LogP contribution >= 0.6 is 0 Å². The highest BCUT2D eigenvalue weighted by Crippen LogP contribution is 2.24. The van der Waals surface area contributed by atoms with Gasteiger partial charge < -0.3 is 15.2 Å². The fourth-order valence-corrected chi connectivity index (χ4v) is 5.06. The molecule has 2 aromatic heterocycles. The number of nitrogens with two attached hydrogens (primary N) is 1. The van der Waals surface area contributed by atoms with E-state index >= 15 is 0 Å². The van der Waals surface area contributed by atoms with Crippen LogP contribution in [0.5, 0.6) is 0 Å². The molecule has 1 fully saturated rings. The van der Waals surface area contributed by atoms with Crippen LogP contribution < -0.4 is 21.9 Å². The van der Waals surface area contributed by atoms with Gasteiger partial charge in [-0.1, -0.05) is 72.3 Å². The number of piperidine rings is 1. The summed E-state index contributed by atoms with van der Waals surface area (Å²) in [6, 6.07) is 19.7. The van der Waals surface area contributed by atoms with E-state index in [1.54, 1.807) is 6.20 Å². The molecule has 0 radical (unpaired) electrons. The van der Waals surface area contributed by atoms with E-state index in [0.717, 1.165) is 36.1 Å². The Hall–Kier alpha value is -4.17. The van der Waals surface area contributed by atoms with Crippen molar-refractivity contribution in [3.05, 3.63) is 104 Å². The van der Waals surface area contributed by atoms with Crippen molar-refractivity contribution in [1.82, 2.24) is 18.7 Å². The molecule has 8 nitrogen and oxygen atoms in total. The summed E-state index contributed by atoms with van der Waals surface area (Å²) in [7, 11) is 0. The van der Waals surface area contributed by atoms with Crippen LogP contribution in [-0.2, 0) is 19.5 Å². The molecule has 8 heteroatoms. The summed E-state index contributed by atoms with van der Waals surface area (Å²) < 4.78 is 4.81. The summed E-state index contributed by atoms with van der Waals surface area (Å²) >= 11 is 0. The minimum atomic E-state index is -0.399. The molecule has 0 amide bonds. The maximum absolute atomic E-state index is 14.0. The standard InChI is InChI=1S/C31H36N6O2/c1-23(2)15-19-35-27-28(33-30(35)34-18-9-14-26(32)22-34)36(20-16-24-10-5-3-6-11-24)31(39)37(29(27)38)21-17-25-12-7-4-8-13-25/h3-8,10-13,15-16,20,26H,9,14,17-19,21-22,32H2,1-2H3. The van der Waals surface area contributed by atoms with Gasteiger partial charge in [-0.2, -0.15) is 4.98 Å². The Kier molecular flexibility index (Phi) is 7.93. The molecule has 0 saturated carbocycles. The molecule has 202 valence electrons. The number of hydrogen-bond donors (Lipinski definition) is 1. The Labute approximate surface area is 228 Å². The average Bonchev–Trinajstić information content (AvgIpc) is 3.32. The quantitative estimate of drug-likeness (QED) is 0.350. The van der Waals surface area contributed by atoms with Crippen molar-refractivity contribution in [3.63, 3.8) is 0 Å². The van der Waals surface area contributed by atoms with Gasteiger partial charge in [-0.05, 0) is 50.3 Å². The fraction of sp³-hybridized carbons (Fsp3) is 0.323. The first-order chi connectivity index (χ1) is 18.9. The Morgan fingerprint density at radius 2 is 1.74 bits per heavy atom. The fourth-order valence-electron chi connectivity index (χ4n) is 5.06. The van der Waals surface area contributed by atoms with Gasteiger partial charge in [0.1, 0.15) is 0 Å². The van der Waals surface area contributed by atoms with Crippen LogP contribution in [0.4, 0.5) is 5.95 Å². The van der Waals surface area contributed by atoms with Crippen LogP contribution in [0.25, 0.3) is 23.4 Å². The first kappa shape index (κ1) is 26.4. The maximum atomic E-state index is 14.0. The largest absolute Gasteiger partial charge is 0.341 e. The molecular weight excluding hydrogens is 488 g/mol. The van der Waals surface area contributed by atoms with Gasteiger partial charge in [0, 0.05) is 38.4 Å². The van der Waals surface area contributed by atoms with Crippen molar-refractivity contribution in [2.45, 2.75) is 52.2 Å². The second-order valence-electron chi connectivity index (χ2n) is 10.4. The van der Waals surface area contributed by atoms with Crippen molar-refractivity contribution < 1.29 is 0 Å². The van der Waals surface area contributed by atoms with Gasteiger partial charge in [0.2, 0.25) is 5.95 Å². The lowest BCUT2D eigenvalue weighted by atomic mass is 10.1. The number of anilines is 1. The molecule has 0 spiro atoms. The van der Waals surface area contributed by atoms with Gasteiger partial charge >= 0.3 is 5.69 Å². The smallest absolute Gasteiger partial charge is 0.336 e. The van der Waals surface area contributed by atoms with E-state index in [0.29, 0.717) is 36.6 Å². The Morgan fingerprint density at radius 1 is 1.03 bits per heavy atom. The zero-order chi connectivity index (χ0) is 27.4. The zero-order valence-corrected chi connectivity index (χ0v) is 22.7. The second kappa shape index (κ2) is 11.7.